The molecule has 6 heteroatoms. The molecule has 1 atom stereocenters. The number of hydrogen-bond donors (Lipinski definition) is 1. The molecule has 1 aliphatic rings. The van der Waals surface area contributed by atoms with Gasteiger partial charge in [0, 0.05) is 6.04 Å². The van der Waals surface area contributed by atoms with Crippen molar-refractivity contribution in [2.24, 2.45) is 5.73 Å². The second-order valence-electron chi connectivity index (χ2n) is 6.10. The number of nitrogens with two attached hydrogens (primary N) is 1. The lowest BCUT2D eigenvalue weighted by Gasteiger charge is -2.32. The second-order valence-corrected chi connectivity index (χ2v) is 6.51. The van der Waals surface area contributed by atoms with Gasteiger partial charge in [0.15, 0.2) is 0 Å². The molecule has 0 amide bonds. The molecule has 1 aliphatic heterocycles. The molecule has 0 radical (unpaired) electrons. The Hall–Kier alpha value is -1.43. The van der Waals surface area contributed by atoms with Crippen LogP contribution in [0.15, 0.2) is 23.0 Å². The minimum absolute atomic E-state index is 0.0718. The summed E-state index contributed by atoms with van der Waals surface area (Å²) in [5.74, 6) is 0.648. The normalized spacial score (nSPS) is 18.7. The van der Waals surface area contributed by atoms with Gasteiger partial charge in [0.25, 0.3) is 5.56 Å². The molecule has 2 heterocycles. The fraction of sp³-hybridized carbons (Fsp3) is 0.500. The minimum atomic E-state index is -0.296. The molecule has 5 nitrogen and oxygen atoms in total. The third-order valence-corrected chi connectivity index (χ3v) is 4.68. The summed E-state index contributed by atoms with van der Waals surface area (Å²) in [6.07, 6.45) is 1.85. The zero-order valence-electron chi connectivity index (χ0n) is 12.9. The molecular weight excluding hydrogens is 300 g/mol. The third-order valence-electron chi connectivity index (χ3n) is 4.37. The monoisotopic (exact) mass is 320 g/mol. The first-order valence-electron chi connectivity index (χ1n) is 7.64. The predicted molar refractivity (Wildman–Crippen MR) is 89.4 cm³/mol. The van der Waals surface area contributed by atoms with E-state index >= 15 is 0 Å². The molecule has 0 spiro atoms. The Bertz CT molecular complexity index is 748. The smallest absolute Gasteiger partial charge is 0.263 e. The summed E-state index contributed by atoms with van der Waals surface area (Å²) >= 11 is 6.24. The van der Waals surface area contributed by atoms with E-state index in [2.05, 4.69) is 16.9 Å². The molecule has 2 aromatic rings. The van der Waals surface area contributed by atoms with Gasteiger partial charge in [0.1, 0.15) is 5.82 Å². The maximum Gasteiger partial charge on any atom is 0.263 e. The van der Waals surface area contributed by atoms with E-state index in [1.54, 1.807) is 10.6 Å². The second kappa shape index (κ2) is 5.99. The zero-order valence-corrected chi connectivity index (χ0v) is 13.7. The van der Waals surface area contributed by atoms with Gasteiger partial charge >= 0.3 is 0 Å². The average Bonchev–Trinajstić information content (AvgIpc) is 2.48. The van der Waals surface area contributed by atoms with Crippen molar-refractivity contribution in [3.63, 3.8) is 0 Å². The number of piperidine rings is 1. The lowest BCUT2D eigenvalue weighted by molar-refractivity contribution is 0.214. The third kappa shape index (κ3) is 2.64. The number of hydrogen-bond acceptors (Lipinski definition) is 4. The van der Waals surface area contributed by atoms with Crippen molar-refractivity contribution in [1.29, 1.82) is 0 Å². The van der Waals surface area contributed by atoms with Crippen LogP contribution in [0, 0.1) is 0 Å². The van der Waals surface area contributed by atoms with Crippen molar-refractivity contribution >= 4 is 22.5 Å². The van der Waals surface area contributed by atoms with Crippen molar-refractivity contribution in [3.05, 3.63) is 39.4 Å². The Morgan fingerprint density at radius 3 is 2.68 bits per heavy atom. The van der Waals surface area contributed by atoms with Gasteiger partial charge in [-0.05, 0) is 52.0 Å². The van der Waals surface area contributed by atoms with E-state index in [0.717, 1.165) is 25.9 Å². The molecule has 1 fully saturated rings. The van der Waals surface area contributed by atoms with Crippen LogP contribution in [0.5, 0.6) is 0 Å². The summed E-state index contributed by atoms with van der Waals surface area (Å²) in [6, 6.07) is 5.20. The maximum atomic E-state index is 13.0. The molecule has 22 heavy (non-hydrogen) atoms. The number of aromatic nitrogens is 2. The first-order chi connectivity index (χ1) is 10.5. The molecule has 2 N–H and O–H groups in total. The minimum Gasteiger partial charge on any atom is -0.322 e. The van der Waals surface area contributed by atoms with Crippen LogP contribution in [0.1, 0.15) is 37.7 Å². The molecule has 0 aliphatic carbocycles. The summed E-state index contributed by atoms with van der Waals surface area (Å²) in [4.78, 5) is 19.9. The van der Waals surface area contributed by atoms with Crippen molar-refractivity contribution < 1.29 is 0 Å². The predicted octanol–water partition coefficient (Wildman–Crippen LogP) is 2.34. The van der Waals surface area contributed by atoms with Crippen molar-refractivity contribution in [3.8, 4) is 0 Å². The molecular formula is C16H21ClN4O. The van der Waals surface area contributed by atoms with E-state index < -0.39 is 0 Å². The number of nitrogens with zero attached hydrogens (tertiary/aromatic N) is 3. The highest BCUT2D eigenvalue weighted by atomic mass is 35.5. The molecule has 3 rings (SSSR count). The largest absolute Gasteiger partial charge is 0.322 e. The van der Waals surface area contributed by atoms with E-state index in [1.165, 1.54) is 0 Å². The quantitative estimate of drug-likeness (QED) is 0.922. The highest BCUT2D eigenvalue weighted by molar-refractivity contribution is 6.35. The molecule has 0 bridgehead atoms. The van der Waals surface area contributed by atoms with Gasteiger partial charge in [0.2, 0.25) is 0 Å². The fourth-order valence-corrected chi connectivity index (χ4v) is 3.40. The van der Waals surface area contributed by atoms with Gasteiger partial charge < -0.3 is 10.6 Å². The lowest BCUT2D eigenvalue weighted by atomic mass is 10.0. The van der Waals surface area contributed by atoms with Crippen LogP contribution in [0.3, 0.4) is 0 Å². The van der Waals surface area contributed by atoms with Gasteiger partial charge in [-0.1, -0.05) is 17.7 Å². The number of halogens is 1. The maximum absolute atomic E-state index is 13.0. The fourth-order valence-electron chi connectivity index (χ4n) is 3.15. The molecule has 0 unspecified atom stereocenters. The van der Waals surface area contributed by atoms with Crippen LogP contribution >= 0.6 is 11.6 Å². The van der Waals surface area contributed by atoms with E-state index in [9.17, 15) is 4.79 Å². The standard InChI is InChI=1S/C16H21ClN4O/c1-10(18)15-19-13-5-3-4-12(17)14(13)16(22)21(15)11-6-8-20(2)9-7-11/h3-5,10-11H,6-9,18H2,1-2H3/t10-/m0/s1. The van der Waals surface area contributed by atoms with Gasteiger partial charge in [-0.25, -0.2) is 4.98 Å². The summed E-state index contributed by atoms with van der Waals surface area (Å²) in [5, 5.41) is 0.945. The Labute approximate surface area is 134 Å². The topological polar surface area (TPSA) is 64.1 Å². The number of benzene rings is 1. The molecule has 0 saturated carbocycles. The highest BCUT2D eigenvalue weighted by Crippen LogP contribution is 2.26. The first-order valence-corrected chi connectivity index (χ1v) is 8.01. The van der Waals surface area contributed by atoms with Crippen LogP contribution in [0.25, 0.3) is 10.9 Å². The molecule has 1 aromatic heterocycles. The lowest BCUT2D eigenvalue weighted by Crippen LogP contribution is -2.38. The van der Waals surface area contributed by atoms with E-state index in [4.69, 9.17) is 17.3 Å². The molecule has 118 valence electrons. The SMILES string of the molecule is C[C@H](N)c1nc2cccc(Cl)c2c(=O)n1C1CCN(C)CC1. The van der Waals surface area contributed by atoms with Gasteiger partial charge in [-0.15, -0.1) is 0 Å². The number of likely N-dealkylation sites (tertiary alicyclic amines) is 1. The Balaban J connectivity index is 2.22. The Morgan fingerprint density at radius 2 is 2.05 bits per heavy atom. The summed E-state index contributed by atoms with van der Waals surface area (Å²) in [5.41, 5.74) is 6.63. The summed E-state index contributed by atoms with van der Waals surface area (Å²) in [6.45, 7) is 3.80. The Kier molecular flexibility index (Phi) is 4.21. The van der Waals surface area contributed by atoms with E-state index in [1.807, 2.05) is 19.1 Å². The molecule has 1 saturated heterocycles. The van der Waals surface area contributed by atoms with E-state index in [-0.39, 0.29) is 17.6 Å². The number of fused-ring (bicyclic) bond motifs is 1. The van der Waals surface area contributed by atoms with Gasteiger partial charge in [-0.2, -0.15) is 0 Å². The average molecular weight is 321 g/mol. The molecule has 1 aromatic carbocycles. The highest BCUT2D eigenvalue weighted by Gasteiger charge is 2.25. The van der Waals surface area contributed by atoms with Crippen LogP contribution in [-0.4, -0.2) is 34.6 Å². The van der Waals surface area contributed by atoms with Crippen molar-refractivity contribution in [1.82, 2.24) is 14.5 Å². The Morgan fingerprint density at radius 1 is 1.36 bits per heavy atom. The number of rotatable bonds is 2. The van der Waals surface area contributed by atoms with Gasteiger partial charge in [-0.3, -0.25) is 9.36 Å². The zero-order chi connectivity index (χ0) is 15.9. The van der Waals surface area contributed by atoms with Crippen LogP contribution in [0.2, 0.25) is 5.02 Å². The van der Waals surface area contributed by atoms with Crippen molar-refractivity contribution in [2.75, 3.05) is 20.1 Å². The first kappa shape index (κ1) is 15.5. The summed E-state index contributed by atoms with van der Waals surface area (Å²) in [7, 11) is 2.10. The summed E-state index contributed by atoms with van der Waals surface area (Å²) < 4.78 is 1.78. The van der Waals surface area contributed by atoms with E-state index in [0.29, 0.717) is 21.7 Å². The van der Waals surface area contributed by atoms with Crippen LogP contribution < -0.4 is 11.3 Å². The van der Waals surface area contributed by atoms with Crippen LogP contribution in [-0.2, 0) is 0 Å². The van der Waals surface area contributed by atoms with Crippen LogP contribution in [0.4, 0.5) is 0 Å². The van der Waals surface area contributed by atoms with Gasteiger partial charge in [0.05, 0.1) is 22.0 Å². The van der Waals surface area contributed by atoms with Crippen molar-refractivity contribution in [2.45, 2.75) is 31.8 Å².